The molecule has 98 valence electrons. The molecule has 1 N–H and O–H groups in total. The van der Waals surface area contributed by atoms with Crippen LogP contribution in [0.25, 0.3) is 10.9 Å². The van der Waals surface area contributed by atoms with E-state index in [0.29, 0.717) is 18.5 Å². The van der Waals surface area contributed by atoms with Crippen molar-refractivity contribution in [1.82, 2.24) is 4.98 Å². The number of halogens is 1. The maximum atomic E-state index is 13.2. The number of carboxylic acids is 1. The number of rotatable bonds is 2. The number of hydrogen-bond acceptors (Lipinski definition) is 3. The second-order valence-corrected chi connectivity index (χ2v) is 4.68. The smallest absolute Gasteiger partial charge is 0.326 e. The molecule has 0 amide bonds. The van der Waals surface area contributed by atoms with Crippen LogP contribution in [0.15, 0.2) is 30.5 Å². The molecule has 4 nitrogen and oxygen atoms in total. The zero-order valence-corrected chi connectivity index (χ0v) is 10.2. The Labute approximate surface area is 109 Å². The van der Waals surface area contributed by atoms with E-state index in [-0.39, 0.29) is 5.82 Å². The number of hydrogen-bond donors (Lipinski definition) is 1. The van der Waals surface area contributed by atoms with Crippen molar-refractivity contribution in [3.63, 3.8) is 0 Å². The Bertz CT molecular complexity index is 644. The standard InChI is InChI=1S/C14H13FN2O2/c15-9-3-4-10-11(8-9)16-6-5-12(10)17-7-1-2-13(17)14(18)19/h3-6,8,13H,1-2,7H2,(H,18,19)/t13-/m1/s1. The van der Waals surface area contributed by atoms with Crippen LogP contribution in [0.4, 0.5) is 10.1 Å². The number of nitrogens with zero attached hydrogens (tertiary/aromatic N) is 2. The van der Waals surface area contributed by atoms with Gasteiger partial charge >= 0.3 is 5.97 Å². The van der Waals surface area contributed by atoms with E-state index in [9.17, 15) is 14.3 Å². The van der Waals surface area contributed by atoms with Gasteiger partial charge in [-0.15, -0.1) is 0 Å². The van der Waals surface area contributed by atoms with Gasteiger partial charge in [0.25, 0.3) is 0 Å². The van der Waals surface area contributed by atoms with Crippen molar-refractivity contribution in [1.29, 1.82) is 0 Å². The molecular formula is C14H13FN2O2. The summed E-state index contributed by atoms with van der Waals surface area (Å²) in [7, 11) is 0. The summed E-state index contributed by atoms with van der Waals surface area (Å²) < 4.78 is 13.2. The van der Waals surface area contributed by atoms with Crippen molar-refractivity contribution < 1.29 is 14.3 Å². The molecule has 1 aromatic carbocycles. The normalized spacial score (nSPS) is 19.0. The largest absolute Gasteiger partial charge is 0.480 e. The molecule has 0 saturated carbocycles. The van der Waals surface area contributed by atoms with Crippen LogP contribution in [0, 0.1) is 5.82 Å². The third kappa shape index (κ3) is 2.01. The first-order valence-corrected chi connectivity index (χ1v) is 6.20. The van der Waals surface area contributed by atoms with Crippen molar-refractivity contribution in [2.45, 2.75) is 18.9 Å². The van der Waals surface area contributed by atoms with Gasteiger partial charge in [0, 0.05) is 29.9 Å². The van der Waals surface area contributed by atoms with Crippen molar-refractivity contribution in [3.8, 4) is 0 Å². The van der Waals surface area contributed by atoms with Gasteiger partial charge in [-0.2, -0.15) is 0 Å². The summed E-state index contributed by atoms with van der Waals surface area (Å²) in [6, 6.07) is 5.69. The SMILES string of the molecule is O=C(O)[C@H]1CCCN1c1ccnc2cc(F)ccc12. The summed E-state index contributed by atoms with van der Waals surface area (Å²) in [6.45, 7) is 0.702. The highest BCUT2D eigenvalue weighted by molar-refractivity contribution is 5.93. The molecule has 0 aliphatic carbocycles. The molecule has 1 aromatic heterocycles. The van der Waals surface area contributed by atoms with Gasteiger partial charge in [0.1, 0.15) is 11.9 Å². The molecule has 3 rings (SSSR count). The Hall–Kier alpha value is -2.17. The Balaban J connectivity index is 2.12. The number of fused-ring (bicyclic) bond motifs is 1. The van der Waals surface area contributed by atoms with Gasteiger partial charge < -0.3 is 10.0 Å². The van der Waals surface area contributed by atoms with E-state index in [0.717, 1.165) is 17.5 Å². The highest BCUT2D eigenvalue weighted by Gasteiger charge is 2.31. The summed E-state index contributed by atoms with van der Waals surface area (Å²) in [6.07, 6.45) is 3.08. The van der Waals surface area contributed by atoms with Gasteiger partial charge in [0.05, 0.1) is 5.52 Å². The maximum Gasteiger partial charge on any atom is 0.326 e. The Morgan fingerprint density at radius 2 is 2.26 bits per heavy atom. The van der Waals surface area contributed by atoms with Crippen molar-refractivity contribution >= 4 is 22.6 Å². The first-order chi connectivity index (χ1) is 9.16. The average molecular weight is 260 g/mol. The highest BCUT2D eigenvalue weighted by atomic mass is 19.1. The molecule has 1 aliphatic heterocycles. The second-order valence-electron chi connectivity index (χ2n) is 4.68. The van der Waals surface area contributed by atoms with Crippen molar-refractivity contribution in [3.05, 3.63) is 36.3 Å². The zero-order chi connectivity index (χ0) is 13.4. The van der Waals surface area contributed by atoms with Crippen LogP contribution in [-0.4, -0.2) is 28.6 Å². The summed E-state index contributed by atoms with van der Waals surface area (Å²) in [5.74, 6) is -1.15. The quantitative estimate of drug-likeness (QED) is 0.901. The summed E-state index contributed by atoms with van der Waals surface area (Å²) >= 11 is 0. The predicted molar refractivity (Wildman–Crippen MR) is 69.7 cm³/mol. The van der Waals surface area contributed by atoms with Crippen LogP contribution in [0.5, 0.6) is 0 Å². The minimum absolute atomic E-state index is 0.339. The molecule has 1 saturated heterocycles. The van der Waals surface area contributed by atoms with Crippen LogP contribution in [0.3, 0.4) is 0 Å². The number of aliphatic carboxylic acids is 1. The number of pyridine rings is 1. The molecule has 2 heterocycles. The molecule has 1 atom stereocenters. The lowest BCUT2D eigenvalue weighted by Crippen LogP contribution is -2.36. The minimum Gasteiger partial charge on any atom is -0.480 e. The summed E-state index contributed by atoms with van der Waals surface area (Å²) in [4.78, 5) is 17.3. The number of anilines is 1. The highest BCUT2D eigenvalue weighted by Crippen LogP contribution is 2.31. The Morgan fingerprint density at radius 1 is 1.42 bits per heavy atom. The lowest BCUT2D eigenvalue weighted by Gasteiger charge is -2.24. The molecule has 19 heavy (non-hydrogen) atoms. The number of aromatic nitrogens is 1. The van der Waals surface area contributed by atoms with E-state index in [4.69, 9.17) is 0 Å². The predicted octanol–water partition coefficient (Wildman–Crippen LogP) is 2.43. The summed E-state index contributed by atoms with van der Waals surface area (Å²) in [5.41, 5.74) is 1.36. The van der Waals surface area contributed by atoms with Gasteiger partial charge in [0.15, 0.2) is 0 Å². The lowest BCUT2D eigenvalue weighted by molar-refractivity contribution is -0.138. The van der Waals surface area contributed by atoms with E-state index >= 15 is 0 Å². The fraction of sp³-hybridized carbons (Fsp3) is 0.286. The molecule has 2 aromatic rings. The monoisotopic (exact) mass is 260 g/mol. The van der Waals surface area contributed by atoms with Crippen molar-refractivity contribution in [2.75, 3.05) is 11.4 Å². The average Bonchev–Trinajstić information content (AvgIpc) is 2.86. The van der Waals surface area contributed by atoms with Crippen LogP contribution < -0.4 is 4.90 Å². The molecule has 1 aliphatic rings. The zero-order valence-electron chi connectivity index (χ0n) is 10.2. The third-order valence-corrected chi connectivity index (χ3v) is 3.53. The molecule has 0 spiro atoms. The van der Waals surface area contributed by atoms with Crippen molar-refractivity contribution in [2.24, 2.45) is 0 Å². The Kier molecular flexibility index (Phi) is 2.81. The van der Waals surface area contributed by atoms with Crippen LogP contribution in [-0.2, 0) is 4.79 Å². The number of benzene rings is 1. The van der Waals surface area contributed by atoms with Gasteiger partial charge in [-0.05, 0) is 31.0 Å². The molecule has 0 unspecified atom stereocenters. The number of carbonyl (C=O) groups is 1. The van der Waals surface area contributed by atoms with E-state index in [1.165, 1.54) is 12.1 Å². The maximum absolute atomic E-state index is 13.2. The van der Waals surface area contributed by atoms with Gasteiger partial charge in [-0.25, -0.2) is 9.18 Å². The third-order valence-electron chi connectivity index (χ3n) is 3.53. The minimum atomic E-state index is -0.815. The number of carboxylic acid groups (broad SMARTS) is 1. The first kappa shape index (κ1) is 11.9. The fourth-order valence-corrected chi connectivity index (χ4v) is 2.67. The molecule has 0 radical (unpaired) electrons. The lowest BCUT2D eigenvalue weighted by atomic mass is 10.1. The van der Waals surface area contributed by atoms with E-state index in [1.54, 1.807) is 18.3 Å². The van der Waals surface area contributed by atoms with Crippen LogP contribution >= 0.6 is 0 Å². The van der Waals surface area contributed by atoms with Gasteiger partial charge in [-0.1, -0.05) is 0 Å². The van der Waals surface area contributed by atoms with Gasteiger partial charge in [-0.3, -0.25) is 4.98 Å². The molecule has 0 bridgehead atoms. The fourth-order valence-electron chi connectivity index (χ4n) is 2.67. The van der Waals surface area contributed by atoms with E-state index < -0.39 is 12.0 Å². The van der Waals surface area contributed by atoms with Crippen LogP contribution in [0.1, 0.15) is 12.8 Å². The first-order valence-electron chi connectivity index (χ1n) is 6.20. The molecular weight excluding hydrogens is 247 g/mol. The molecule has 1 fully saturated rings. The Morgan fingerprint density at radius 3 is 3.05 bits per heavy atom. The van der Waals surface area contributed by atoms with E-state index in [2.05, 4.69) is 4.98 Å². The summed E-state index contributed by atoms with van der Waals surface area (Å²) in [5, 5.41) is 10.0. The second kappa shape index (κ2) is 4.50. The van der Waals surface area contributed by atoms with Gasteiger partial charge in [0.2, 0.25) is 0 Å². The topological polar surface area (TPSA) is 53.4 Å². The van der Waals surface area contributed by atoms with E-state index in [1.807, 2.05) is 4.90 Å². The van der Waals surface area contributed by atoms with Crippen LogP contribution in [0.2, 0.25) is 0 Å². The molecule has 5 heteroatoms.